The summed E-state index contributed by atoms with van der Waals surface area (Å²) in [6, 6.07) is 4.11. The third kappa shape index (κ3) is 5.18. The van der Waals surface area contributed by atoms with Crippen LogP contribution in [0.3, 0.4) is 0 Å². The Morgan fingerprint density at radius 2 is 2.04 bits per heavy atom. The summed E-state index contributed by atoms with van der Waals surface area (Å²) in [5.74, 6) is 3.66. The van der Waals surface area contributed by atoms with Crippen LogP contribution in [0.15, 0.2) is 35.7 Å². The minimum atomic E-state index is 0. The number of piperidine rings is 1. The monoisotopic (exact) mass is 468 g/mol. The first kappa shape index (κ1) is 20.7. The van der Waals surface area contributed by atoms with Crippen LogP contribution in [0.1, 0.15) is 38.1 Å². The molecule has 1 N–H and O–H groups in total. The molecule has 0 spiro atoms. The molecule has 2 aromatic rings. The Bertz CT molecular complexity index is 701. The zero-order valence-corrected chi connectivity index (χ0v) is 18.2. The van der Waals surface area contributed by atoms with Crippen molar-refractivity contribution >= 4 is 29.9 Å². The van der Waals surface area contributed by atoms with Gasteiger partial charge in [-0.05, 0) is 44.2 Å². The van der Waals surface area contributed by atoms with Crippen LogP contribution in [0.5, 0.6) is 0 Å². The van der Waals surface area contributed by atoms with Crippen molar-refractivity contribution in [3.05, 3.63) is 42.1 Å². The standard InChI is InChI=1S/C19H28N6.HI/c1-4-20-19(24-10-7-15(2)8-11-24)23-14-17-5-6-18(22-13-17)25-12-9-21-16(25)3;/h5-6,9,12-13,15H,4,7-8,10-11,14H2,1-3H3,(H,20,23);1H. The Morgan fingerprint density at radius 1 is 1.27 bits per heavy atom. The molecule has 0 unspecified atom stereocenters. The third-order valence-electron chi connectivity index (χ3n) is 4.71. The number of guanidine groups is 1. The molecular formula is C19H29IN6. The van der Waals surface area contributed by atoms with Gasteiger partial charge in [0.25, 0.3) is 0 Å². The molecule has 0 bridgehead atoms. The van der Waals surface area contributed by atoms with E-state index in [2.05, 4.69) is 40.1 Å². The number of hydrogen-bond donors (Lipinski definition) is 1. The molecular weight excluding hydrogens is 439 g/mol. The number of rotatable bonds is 4. The van der Waals surface area contributed by atoms with Gasteiger partial charge < -0.3 is 10.2 Å². The fourth-order valence-corrected chi connectivity index (χ4v) is 3.09. The van der Waals surface area contributed by atoms with E-state index in [9.17, 15) is 0 Å². The lowest BCUT2D eigenvalue weighted by molar-refractivity contribution is 0.273. The second kappa shape index (κ2) is 9.89. The second-order valence-corrected chi connectivity index (χ2v) is 6.71. The van der Waals surface area contributed by atoms with Crippen LogP contribution >= 0.6 is 24.0 Å². The highest BCUT2D eigenvalue weighted by molar-refractivity contribution is 14.0. The van der Waals surface area contributed by atoms with Gasteiger partial charge in [-0.25, -0.2) is 15.0 Å². The molecule has 0 aliphatic carbocycles. The normalized spacial score (nSPS) is 15.7. The predicted molar refractivity (Wildman–Crippen MR) is 116 cm³/mol. The van der Waals surface area contributed by atoms with Gasteiger partial charge in [0.2, 0.25) is 0 Å². The average Bonchev–Trinajstić information content (AvgIpc) is 3.06. The van der Waals surface area contributed by atoms with E-state index >= 15 is 0 Å². The van der Waals surface area contributed by atoms with E-state index in [1.54, 1.807) is 6.20 Å². The number of halogens is 1. The number of nitrogens with one attached hydrogen (secondary N) is 1. The van der Waals surface area contributed by atoms with Gasteiger partial charge in [0.05, 0.1) is 6.54 Å². The van der Waals surface area contributed by atoms with Gasteiger partial charge in [0.15, 0.2) is 5.96 Å². The lowest BCUT2D eigenvalue weighted by Crippen LogP contribution is -2.45. The second-order valence-electron chi connectivity index (χ2n) is 6.71. The number of imidazole rings is 1. The van der Waals surface area contributed by atoms with Gasteiger partial charge in [0, 0.05) is 38.2 Å². The zero-order chi connectivity index (χ0) is 17.6. The van der Waals surface area contributed by atoms with E-state index in [0.29, 0.717) is 6.54 Å². The first-order valence-corrected chi connectivity index (χ1v) is 9.16. The molecule has 0 atom stereocenters. The lowest BCUT2D eigenvalue weighted by Gasteiger charge is -2.33. The van der Waals surface area contributed by atoms with Crippen molar-refractivity contribution in [3.8, 4) is 5.82 Å². The van der Waals surface area contributed by atoms with Crippen molar-refractivity contribution in [2.45, 2.75) is 40.2 Å². The summed E-state index contributed by atoms with van der Waals surface area (Å²) >= 11 is 0. The molecule has 7 heteroatoms. The largest absolute Gasteiger partial charge is 0.357 e. The highest BCUT2D eigenvalue weighted by atomic mass is 127. The number of aliphatic imine (C=N–C) groups is 1. The summed E-state index contributed by atoms with van der Waals surface area (Å²) in [6.45, 7) is 10.1. The number of hydrogen-bond acceptors (Lipinski definition) is 3. The molecule has 0 amide bonds. The maximum absolute atomic E-state index is 4.81. The molecule has 3 rings (SSSR count). The number of aryl methyl sites for hydroxylation is 1. The molecule has 6 nitrogen and oxygen atoms in total. The molecule has 0 radical (unpaired) electrons. The van der Waals surface area contributed by atoms with E-state index in [-0.39, 0.29) is 24.0 Å². The van der Waals surface area contributed by atoms with E-state index in [0.717, 1.165) is 48.7 Å². The van der Waals surface area contributed by atoms with Crippen LogP contribution in [0, 0.1) is 12.8 Å². The Labute approximate surface area is 173 Å². The molecule has 1 fully saturated rings. The molecule has 0 aromatic carbocycles. The summed E-state index contributed by atoms with van der Waals surface area (Å²) in [4.78, 5) is 16.0. The van der Waals surface area contributed by atoms with Crippen molar-refractivity contribution in [1.82, 2.24) is 24.8 Å². The Kier molecular flexibility index (Phi) is 7.86. The molecule has 2 aromatic heterocycles. The fraction of sp³-hybridized carbons (Fsp3) is 0.526. The maximum Gasteiger partial charge on any atom is 0.194 e. The van der Waals surface area contributed by atoms with Crippen molar-refractivity contribution in [3.63, 3.8) is 0 Å². The molecule has 1 aliphatic rings. The van der Waals surface area contributed by atoms with Crippen molar-refractivity contribution < 1.29 is 0 Å². The molecule has 0 saturated carbocycles. The van der Waals surface area contributed by atoms with Crippen LogP contribution in [0.4, 0.5) is 0 Å². The SMILES string of the molecule is CCNC(=NCc1ccc(-n2ccnc2C)nc1)N1CCC(C)CC1.I. The zero-order valence-electron chi connectivity index (χ0n) is 15.9. The number of pyridine rings is 1. The number of likely N-dealkylation sites (tertiary alicyclic amines) is 1. The van der Waals surface area contributed by atoms with E-state index in [1.165, 1.54) is 12.8 Å². The summed E-state index contributed by atoms with van der Waals surface area (Å²) in [7, 11) is 0. The molecule has 1 saturated heterocycles. The van der Waals surface area contributed by atoms with Crippen LogP contribution in [0.25, 0.3) is 5.82 Å². The van der Waals surface area contributed by atoms with E-state index in [1.807, 2.05) is 30.0 Å². The third-order valence-corrected chi connectivity index (χ3v) is 4.71. The first-order chi connectivity index (χ1) is 12.2. The lowest BCUT2D eigenvalue weighted by atomic mass is 10.00. The van der Waals surface area contributed by atoms with Crippen molar-refractivity contribution in [1.29, 1.82) is 0 Å². The van der Waals surface area contributed by atoms with Gasteiger partial charge in [0.1, 0.15) is 11.6 Å². The summed E-state index contributed by atoms with van der Waals surface area (Å²) in [5, 5.41) is 3.42. The smallest absolute Gasteiger partial charge is 0.194 e. The quantitative estimate of drug-likeness (QED) is 0.425. The minimum Gasteiger partial charge on any atom is -0.357 e. The Balaban J connectivity index is 0.00000243. The molecule has 142 valence electrons. The Hall–Kier alpha value is -1.64. The van der Waals surface area contributed by atoms with E-state index < -0.39 is 0 Å². The topological polar surface area (TPSA) is 58.3 Å². The van der Waals surface area contributed by atoms with Crippen molar-refractivity contribution in [2.75, 3.05) is 19.6 Å². The van der Waals surface area contributed by atoms with Crippen LogP contribution in [-0.2, 0) is 6.54 Å². The fourth-order valence-electron chi connectivity index (χ4n) is 3.09. The van der Waals surface area contributed by atoms with Gasteiger partial charge in [-0.15, -0.1) is 24.0 Å². The van der Waals surface area contributed by atoms with Gasteiger partial charge in [-0.2, -0.15) is 0 Å². The maximum atomic E-state index is 4.81. The predicted octanol–water partition coefficient (Wildman–Crippen LogP) is 3.39. The summed E-state index contributed by atoms with van der Waals surface area (Å²) < 4.78 is 1.98. The highest BCUT2D eigenvalue weighted by Gasteiger charge is 2.18. The summed E-state index contributed by atoms with van der Waals surface area (Å²) in [5.41, 5.74) is 1.11. The van der Waals surface area contributed by atoms with Crippen LogP contribution in [-0.4, -0.2) is 45.0 Å². The highest BCUT2D eigenvalue weighted by Crippen LogP contribution is 2.16. The van der Waals surface area contributed by atoms with E-state index in [4.69, 9.17) is 4.99 Å². The number of nitrogens with zero attached hydrogens (tertiary/aromatic N) is 5. The van der Waals surface area contributed by atoms with Crippen LogP contribution < -0.4 is 5.32 Å². The summed E-state index contributed by atoms with van der Waals surface area (Å²) in [6.07, 6.45) is 8.10. The minimum absolute atomic E-state index is 0. The molecule has 3 heterocycles. The Morgan fingerprint density at radius 3 is 2.62 bits per heavy atom. The van der Waals surface area contributed by atoms with Crippen LogP contribution in [0.2, 0.25) is 0 Å². The average molecular weight is 468 g/mol. The number of aromatic nitrogens is 3. The molecule has 26 heavy (non-hydrogen) atoms. The van der Waals surface area contributed by atoms with Gasteiger partial charge in [-0.3, -0.25) is 4.57 Å². The van der Waals surface area contributed by atoms with Gasteiger partial charge >= 0.3 is 0 Å². The first-order valence-electron chi connectivity index (χ1n) is 9.16. The molecule has 1 aliphatic heterocycles. The van der Waals surface area contributed by atoms with Gasteiger partial charge in [-0.1, -0.05) is 13.0 Å². The van der Waals surface area contributed by atoms with Crippen molar-refractivity contribution in [2.24, 2.45) is 10.9 Å².